The van der Waals surface area contributed by atoms with E-state index in [1.165, 1.54) is 0 Å². The van der Waals surface area contributed by atoms with Gasteiger partial charge in [-0.05, 0) is 24.4 Å². The van der Waals surface area contributed by atoms with Gasteiger partial charge in [-0.2, -0.15) is 4.98 Å². The van der Waals surface area contributed by atoms with Crippen LogP contribution < -0.4 is 10.6 Å². The van der Waals surface area contributed by atoms with Crippen molar-refractivity contribution in [2.24, 2.45) is 0 Å². The summed E-state index contributed by atoms with van der Waals surface area (Å²) in [5, 5.41) is 11.6. The number of amides is 2. The summed E-state index contributed by atoms with van der Waals surface area (Å²) < 4.78 is 5.23. The zero-order valence-electron chi connectivity index (χ0n) is 14.8. The number of carbonyl (C=O) groups is 1. The van der Waals surface area contributed by atoms with Gasteiger partial charge < -0.3 is 15.2 Å². The molecule has 4 aromatic rings. The van der Waals surface area contributed by atoms with Crippen LogP contribution in [0.1, 0.15) is 11.5 Å². The molecule has 4 rings (SSSR count). The number of rotatable bonds is 4. The fraction of sp³-hybridized carbons (Fsp3) is 0.0952. The van der Waals surface area contributed by atoms with Crippen molar-refractivity contribution >= 4 is 22.5 Å². The molecule has 3 aromatic carbocycles. The highest BCUT2D eigenvalue weighted by Crippen LogP contribution is 2.22. The maximum atomic E-state index is 12.2. The third-order valence-corrected chi connectivity index (χ3v) is 4.18. The highest BCUT2D eigenvalue weighted by Gasteiger charge is 2.11. The Labute approximate surface area is 156 Å². The van der Waals surface area contributed by atoms with Gasteiger partial charge in [-0.15, -0.1) is 0 Å². The van der Waals surface area contributed by atoms with Gasteiger partial charge in [-0.1, -0.05) is 65.3 Å². The van der Waals surface area contributed by atoms with Gasteiger partial charge >= 0.3 is 6.03 Å². The Morgan fingerprint density at radius 2 is 1.85 bits per heavy atom. The minimum atomic E-state index is -0.332. The molecule has 0 unspecified atom stereocenters. The quantitative estimate of drug-likeness (QED) is 0.562. The van der Waals surface area contributed by atoms with E-state index in [-0.39, 0.29) is 12.6 Å². The maximum absolute atomic E-state index is 12.2. The standard InChI is InChI=1S/C21H18N4O2/c1-14-6-4-9-16(12-14)20-24-19(27-25-20)13-22-21(26)23-18-11-5-8-15-7-2-3-10-17(15)18/h2-12H,13H2,1H3,(H2,22,23,26). The highest BCUT2D eigenvalue weighted by molar-refractivity contribution is 6.01. The molecule has 6 nitrogen and oxygen atoms in total. The third kappa shape index (κ3) is 3.79. The predicted molar refractivity (Wildman–Crippen MR) is 104 cm³/mol. The van der Waals surface area contributed by atoms with Crippen molar-refractivity contribution in [3.8, 4) is 11.4 Å². The van der Waals surface area contributed by atoms with E-state index in [1.54, 1.807) is 0 Å². The van der Waals surface area contributed by atoms with Crippen LogP contribution in [-0.4, -0.2) is 16.2 Å². The monoisotopic (exact) mass is 358 g/mol. The van der Waals surface area contributed by atoms with Crippen molar-refractivity contribution in [1.29, 1.82) is 0 Å². The molecule has 0 spiro atoms. The lowest BCUT2D eigenvalue weighted by Gasteiger charge is -2.09. The van der Waals surface area contributed by atoms with Crippen molar-refractivity contribution in [2.75, 3.05) is 5.32 Å². The number of nitrogens with one attached hydrogen (secondary N) is 2. The average molecular weight is 358 g/mol. The lowest BCUT2D eigenvalue weighted by molar-refractivity contribution is 0.249. The summed E-state index contributed by atoms with van der Waals surface area (Å²) in [7, 11) is 0. The van der Waals surface area contributed by atoms with Crippen LogP contribution in [0.4, 0.5) is 10.5 Å². The van der Waals surface area contributed by atoms with E-state index in [1.807, 2.05) is 73.7 Å². The van der Waals surface area contributed by atoms with Gasteiger partial charge in [0.1, 0.15) is 0 Å². The molecule has 6 heteroatoms. The van der Waals surface area contributed by atoms with E-state index in [4.69, 9.17) is 4.52 Å². The Bertz CT molecular complexity index is 1100. The summed E-state index contributed by atoms with van der Waals surface area (Å²) in [6, 6.07) is 21.2. The van der Waals surface area contributed by atoms with Crippen LogP contribution in [0.15, 0.2) is 71.3 Å². The smallest absolute Gasteiger partial charge is 0.319 e. The molecule has 0 saturated carbocycles. The minimum Gasteiger partial charge on any atom is -0.337 e. The lowest BCUT2D eigenvalue weighted by Crippen LogP contribution is -2.28. The first-order valence-electron chi connectivity index (χ1n) is 8.61. The van der Waals surface area contributed by atoms with Crippen molar-refractivity contribution < 1.29 is 9.32 Å². The normalized spacial score (nSPS) is 10.7. The van der Waals surface area contributed by atoms with E-state index in [9.17, 15) is 4.79 Å². The number of anilines is 1. The van der Waals surface area contributed by atoms with Gasteiger partial charge in [-0.25, -0.2) is 4.79 Å². The molecule has 0 saturated heterocycles. The summed E-state index contributed by atoms with van der Waals surface area (Å²) >= 11 is 0. The first-order chi connectivity index (χ1) is 13.2. The topological polar surface area (TPSA) is 80.0 Å². The van der Waals surface area contributed by atoms with Crippen LogP contribution >= 0.6 is 0 Å². The third-order valence-electron chi connectivity index (χ3n) is 4.18. The molecule has 0 radical (unpaired) electrons. The fourth-order valence-electron chi connectivity index (χ4n) is 2.88. The van der Waals surface area contributed by atoms with Crippen molar-refractivity contribution in [2.45, 2.75) is 13.5 Å². The van der Waals surface area contributed by atoms with Crippen LogP contribution in [0.25, 0.3) is 22.2 Å². The summed E-state index contributed by atoms with van der Waals surface area (Å²) in [6.07, 6.45) is 0. The van der Waals surface area contributed by atoms with Crippen molar-refractivity contribution in [3.63, 3.8) is 0 Å². The maximum Gasteiger partial charge on any atom is 0.319 e. The number of benzene rings is 3. The summed E-state index contributed by atoms with van der Waals surface area (Å²) in [5.41, 5.74) is 2.74. The average Bonchev–Trinajstić information content (AvgIpc) is 3.16. The summed E-state index contributed by atoms with van der Waals surface area (Å²) in [6.45, 7) is 2.15. The number of hydrogen-bond donors (Lipinski definition) is 2. The molecule has 0 bridgehead atoms. The summed E-state index contributed by atoms with van der Waals surface area (Å²) in [4.78, 5) is 16.6. The molecule has 0 atom stereocenters. The zero-order valence-corrected chi connectivity index (χ0v) is 14.8. The molecule has 1 heterocycles. The van der Waals surface area contributed by atoms with Gasteiger partial charge in [0, 0.05) is 10.9 Å². The van der Waals surface area contributed by atoms with Crippen LogP contribution in [0, 0.1) is 6.92 Å². The number of carbonyl (C=O) groups excluding carboxylic acids is 1. The van der Waals surface area contributed by atoms with Gasteiger partial charge in [0.2, 0.25) is 11.7 Å². The molecule has 0 aliphatic carbocycles. The van der Waals surface area contributed by atoms with E-state index >= 15 is 0 Å². The first-order valence-corrected chi connectivity index (χ1v) is 8.61. The number of hydrogen-bond acceptors (Lipinski definition) is 4. The Morgan fingerprint density at radius 1 is 1.04 bits per heavy atom. The first kappa shape index (κ1) is 16.8. The lowest BCUT2D eigenvalue weighted by atomic mass is 10.1. The fourth-order valence-corrected chi connectivity index (χ4v) is 2.88. The molecular weight excluding hydrogens is 340 g/mol. The van der Waals surface area contributed by atoms with Gasteiger partial charge in [0.25, 0.3) is 0 Å². The Balaban J connectivity index is 1.41. The SMILES string of the molecule is Cc1cccc(-c2noc(CNC(=O)Nc3cccc4ccccc34)n2)c1. The van der Waals surface area contributed by atoms with Gasteiger partial charge in [-0.3, -0.25) is 0 Å². The molecular formula is C21H18N4O2. The molecule has 0 fully saturated rings. The van der Waals surface area contributed by atoms with E-state index in [0.29, 0.717) is 11.7 Å². The molecule has 1 aromatic heterocycles. The molecule has 0 aliphatic heterocycles. The molecule has 27 heavy (non-hydrogen) atoms. The zero-order chi connectivity index (χ0) is 18.6. The number of aromatic nitrogens is 2. The molecule has 2 N–H and O–H groups in total. The molecule has 134 valence electrons. The van der Waals surface area contributed by atoms with Crippen LogP contribution in [0.3, 0.4) is 0 Å². The Hall–Kier alpha value is -3.67. The molecule has 2 amide bonds. The van der Waals surface area contributed by atoms with E-state index in [0.717, 1.165) is 27.6 Å². The van der Waals surface area contributed by atoms with Gasteiger partial charge in [0.15, 0.2) is 0 Å². The minimum absolute atomic E-state index is 0.148. The Morgan fingerprint density at radius 3 is 2.74 bits per heavy atom. The van der Waals surface area contributed by atoms with Gasteiger partial charge in [0.05, 0.1) is 12.2 Å². The summed E-state index contributed by atoms with van der Waals surface area (Å²) in [5.74, 6) is 0.851. The Kier molecular flexibility index (Phi) is 4.53. The number of nitrogens with zero attached hydrogens (tertiary/aromatic N) is 2. The second kappa shape index (κ2) is 7.29. The number of urea groups is 1. The largest absolute Gasteiger partial charge is 0.337 e. The second-order valence-corrected chi connectivity index (χ2v) is 6.22. The number of fused-ring (bicyclic) bond motifs is 1. The predicted octanol–water partition coefficient (Wildman–Crippen LogP) is 4.52. The highest BCUT2D eigenvalue weighted by atomic mass is 16.5. The van der Waals surface area contributed by atoms with E-state index in [2.05, 4.69) is 20.8 Å². The van der Waals surface area contributed by atoms with Crippen molar-refractivity contribution in [3.05, 3.63) is 78.2 Å². The van der Waals surface area contributed by atoms with Crippen LogP contribution in [0.5, 0.6) is 0 Å². The second-order valence-electron chi connectivity index (χ2n) is 6.22. The van der Waals surface area contributed by atoms with E-state index < -0.39 is 0 Å². The van der Waals surface area contributed by atoms with Crippen LogP contribution in [-0.2, 0) is 6.54 Å². The number of aryl methyl sites for hydroxylation is 1. The van der Waals surface area contributed by atoms with Crippen LogP contribution in [0.2, 0.25) is 0 Å². The molecule has 0 aliphatic rings. The van der Waals surface area contributed by atoms with Crippen molar-refractivity contribution in [1.82, 2.24) is 15.5 Å².